The minimum atomic E-state index is -0.189. The fourth-order valence-electron chi connectivity index (χ4n) is 1.61. The maximum absolute atomic E-state index is 13.1. The molecule has 0 amide bonds. The summed E-state index contributed by atoms with van der Waals surface area (Å²) in [7, 11) is 0. The second-order valence-electron chi connectivity index (χ2n) is 3.47. The molecule has 2 heteroatoms. The van der Waals surface area contributed by atoms with Gasteiger partial charge in [0, 0.05) is 3.57 Å². The fourth-order valence-corrected chi connectivity index (χ4v) is 2.25. The smallest absolute Gasteiger partial charge is 0.123 e. The molecule has 0 aliphatic carbocycles. The van der Waals surface area contributed by atoms with E-state index < -0.39 is 0 Å². The number of benzene rings is 2. The monoisotopic (exact) mass is 312 g/mol. The van der Waals surface area contributed by atoms with E-state index in [1.807, 2.05) is 25.1 Å². The normalized spacial score (nSPS) is 10.3. The Morgan fingerprint density at radius 1 is 1.07 bits per heavy atom. The Labute approximate surface area is 102 Å². The van der Waals surface area contributed by atoms with E-state index in [1.54, 1.807) is 12.1 Å². The van der Waals surface area contributed by atoms with Crippen LogP contribution in [0.15, 0.2) is 42.5 Å². The zero-order chi connectivity index (χ0) is 10.8. The highest BCUT2D eigenvalue weighted by atomic mass is 127. The Morgan fingerprint density at radius 2 is 1.87 bits per heavy atom. The maximum atomic E-state index is 13.1. The first-order valence-electron chi connectivity index (χ1n) is 4.69. The standard InChI is InChI=1S/C13H10FI/c1-9-7-12(15)5-6-13(9)10-3-2-4-11(14)8-10/h2-8H,1H3. The van der Waals surface area contributed by atoms with Gasteiger partial charge in [-0.2, -0.15) is 0 Å². The maximum Gasteiger partial charge on any atom is 0.123 e. The molecule has 0 aliphatic rings. The van der Waals surface area contributed by atoms with Gasteiger partial charge in [-0.15, -0.1) is 0 Å². The van der Waals surface area contributed by atoms with E-state index in [9.17, 15) is 4.39 Å². The lowest BCUT2D eigenvalue weighted by Gasteiger charge is -2.06. The molecule has 0 fully saturated rings. The molecule has 2 rings (SSSR count). The lowest BCUT2D eigenvalue weighted by atomic mass is 10.0. The molecule has 76 valence electrons. The molecule has 0 N–H and O–H groups in total. The van der Waals surface area contributed by atoms with Crippen LogP contribution in [0.1, 0.15) is 5.56 Å². The van der Waals surface area contributed by atoms with Crippen molar-refractivity contribution in [2.24, 2.45) is 0 Å². The molecule has 0 heterocycles. The number of aryl methyl sites for hydroxylation is 1. The van der Waals surface area contributed by atoms with E-state index in [1.165, 1.54) is 15.2 Å². The van der Waals surface area contributed by atoms with E-state index >= 15 is 0 Å². The van der Waals surface area contributed by atoms with E-state index in [-0.39, 0.29) is 5.82 Å². The third-order valence-corrected chi connectivity index (χ3v) is 3.00. The van der Waals surface area contributed by atoms with Crippen LogP contribution >= 0.6 is 22.6 Å². The average Bonchev–Trinajstić information content (AvgIpc) is 2.17. The van der Waals surface area contributed by atoms with E-state index in [0.29, 0.717) is 0 Å². The third kappa shape index (κ3) is 2.37. The molecule has 0 saturated heterocycles. The first kappa shape index (κ1) is 10.6. The van der Waals surface area contributed by atoms with Gasteiger partial charge >= 0.3 is 0 Å². The number of hydrogen-bond donors (Lipinski definition) is 0. The summed E-state index contributed by atoms with van der Waals surface area (Å²) >= 11 is 2.27. The van der Waals surface area contributed by atoms with Gasteiger partial charge in [0.25, 0.3) is 0 Å². The summed E-state index contributed by atoms with van der Waals surface area (Å²) in [4.78, 5) is 0. The molecule has 0 spiro atoms. The third-order valence-electron chi connectivity index (χ3n) is 2.32. The van der Waals surface area contributed by atoms with Crippen LogP contribution in [0.3, 0.4) is 0 Å². The van der Waals surface area contributed by atoms with Crippen molar-refractivity contribution in [1.82, 2.24) is 0 Å². The second-order valence-corrected chi connectivity index (χ2v) is 4.72. The minimum absolute atomic E-state index is 0.189. The van der Waals surface area contributed by atoms with Crippen molar-refractivity contribution in [2.45, 2.75) is 6.92 Å². The molecule has 2 aromatic carbocycles. The van der Waals surface area contributed by atoms with E-state index in [4.69, 9.17) is 0 Å². The summed E-state index contributed by atoms with van der Waals surface area (Å²) in [6.45, 7) is 2.04. The summed E-state index contributed by atoms with van der Waals surface area (Å²) in [6, 6.07) is 12.9. The van der Waals surface area contributed by atoms with Gasteiger partial charge in [0.15, 0.2) is 0 Å². The van der Waals surface area contributed by atoms with Gasteiger partial charge in [-0.25, -0.2) is 4.39 Å². The molecule has 0 unspecified atom stereocenters. The molecule has 0 saturated carbocycles. The van der Waals surface area contributed by atoms with Crippen molar-refractivity contribution in [3.63, 3.8) is 0 Å². The Bertz CT molecular complexity index is 492. The molecule has 0 atom stereocenters. The summed E-state index contributed by atoms with van der Waals surface area (Å²) < 4.78 is 14.3. The van der Waals surface area contributed by atoms with Gasteiger partial charge < -0.3 is 0 Å². The van der Waals surface area contributed by atoms with Crippen LogP contribution in [-0.2, 0) is 0 Å². The van der Waals surface area contributed by atoms with E-state index in [0.717, 1.165) is 11.1 Å². The van der Waals surface area contributed by atoms with Crippen LogP contribution in [-0.4, -0.2) is 0 Å². The molecule has 0 radical (unpaired) electrons. The van der Waals surface area contributed by atoms with Gasteiger partial charge in [0.1, 0.15) is 5.82 Å². The number of rotatable bonds is 1. The number of halogens is 2. The fraction of sp³-hybridized carbons (Fsp3) is 0.0769. The van der Waals surface area contributed by atoms with Crippen LogP contribution in [0.25, 0.3) is 11.1 Å². The van der Waals surface area contributed by atoms with Crippen LogP contribution in [0.4, 0.5) is 4.39 Å². The van der Waals surface area contributed by atoms with Crippen LogP contribution in [0.2, 0.25) is 0 Å². The van der Waals surface area contributed by atoms with Crippen LogP contribution in [0, 0.1) is 16.3 Å². The summed E-state index contributed by atoms with van der Waals surface area (Å²) in [5, 5.41) is 0. The molecule has 0 aromatic heterocycles. The second kappa shape index (κ2) is 4.31. The van der Waals surface area contributed by atoms with Crippen LogP contribution < -0.4 is 0 Å². The Morgan fingerprint density at radius 3 is 2.53 bits per heavy atom. The van der Waals surface area contributed by atoms with Crippen molar-refractivity contribution in [2.75, 3.05) is 0 Å². The van der Waals surface area contributed by atoms with Gasteiger partial charge in [-0.1, -0.05) is 18.2 Å². The summed E-state index contributed by atoms with van der Waals surface area (Å²) in [5.74, 6) is -0.189. The first-order chi connectivity index (χ1) is 7.16. The lowest BCUT2D eigenvalue weighted by Crippen LogP contribution is -1.85. The van der Waals surface area contributed by atoms with Gasteiger partial charge in [-0.05, 0) is 70.5 Å². The van der Waals surface area contributed by atoms with Crippen LogP contribution in [0.5, 0.6) is 0 Å². The predicted octanol–water partition coefficient (Wildman–Crippen LogP) is 4.41. The molecule has 0 aliphatic heterocycles. The SMILES string of the molecule is Cc1cc(I)ccc1-c1cccc(F)c1. The average molecular weight is 312 g/mol. The topological polar surface area (TPSA) is 0 Å². The van der Waals surface area contributed by atoms with Crippen molar-refractivity contribution >= 4 is 22.6 Å². The molecule has 0 nitrogen and oxygen atoms in total. The molecule has 0 bridgehead atoms. The predicted molar refractivity (Wildman–Crippen MR) is 69.3 cm³/mol. The number of hydrogen-bond acceptors (Lipinski definition) is 0. The van der Waals surface area contributed by atoms with Gasteiger partial charge in [-0.3, -0.25) is 0 Å². The highest BCUT2D eigenvalue weighted by Crippen LogP contribution is 2.25. The van der Waals surface area contributed by atoms with Gasteiger partial charge in [0.2, 0.25) is 0 Å². The molecular formula is C13H10FI. The Hall–Kier alpha value is -0.900. The van der Waals surface area contributed by atoms with Crippen molar-refractivity contribution in [3.8, 4) is 11.1 Å². The summed E-state index contributed by atoms with van der Waals surface area (Å²) in [5.41, 5.74) is 3.20. The minimum Gasteiger partial charge on any atom is -0.207 e. The van der Waals surface area contributed by atoms with E-state index in [2.05, 4.69) is 28.7 Å². The molecule has 2 aromatic rings. The first-order valence-corrected chi connectivity index (χ1v) is 5.77. The summed E-state index contributed by atoms with van der Waals surface area (Å²) in [6.07, 6.45) is 0. The highest BCUT2D eigenvalue weighted by Gasteiger charge is 2.02. The van der Waals surface area contributed by atoms with Crippen molar-refractivity contribution in [1.29, 1.82) is 0 Å². The zero-order valence-corrected chi connectivity index (χ0v) is 10.5. The Kier molecular flexibility index (Phi) is 3.05. The molecule has 15 heavy (non-hydrogen) atoms. The highest BCUT2D eigenvalue weighted by molar-refractivity contribution is 14.1. The Balaban J connectivity index is 2.54. The zero-order valence-electron chi connectivity index (χ0n) is 8.30. The molecular weight excluding hydrogens is 302 g/mol. The quantitative estimate of drug-likeness (QED) is 0.685. The van der Waals surface area contributed by atoms with Crippen molar-refractivity contribution < 1.29 is 4.39 Å². The van der Waals surface area contributed by atoms with Crippen molar-refractivity contribution in [3.05, 3.63) is 57.4 Å². The largest absolute Gasteiger partial charge is 0.207 e. The lowest BCUT2D eigenvalue weighted by molar-refractivity contribution is 0.628. The van der Waals surface area contributed by atoms with Gasteiger partial charge in [0.05, 0.1) is 0 Å².